The molecule has 2 N–H and O–H groups in total. The number of piperidine rings is 1. The van der Waals surface area contributed by atoms with E-state index in [9.17, 15) is 14.7 Å². The Bertz CT molecular complexity index is 1360. The lowest BCUT2D eigenvalue weighted by Crippen LogP contribution is -2.42. The molecule has 0 aliphatic carbocycles. The Labute approximate surface area is 241 Å². The summed E-state index contributed by atoms with van der Waals surface area (Å²) < 4.78 is 12.0. The van der Waals surface area contributed by atoms with Crippen LogP contribution in [0.1, 0.15) is 58.6 Å². The smallest absolute Gasteiger partial charge is 0.309 e. The van der Waals surface area contributed by atoms with Crippen LogP contribution < -0.4 is 19.7 Å². The number of aliphatic carboxylic acids is 1. The van der Waals surface area contributed by atoms with Gasteiger partial charge in [0, 0.05) is 12.7 Å². The van der Waals surface area contributed by atoms with Crippen molar-refractivity contribution in [1.29, 1.82) is 0 Å². The normalized spacial score (nSPS) is 15.7. The third kappa shape index (κ3) is 7.34. The molecule has 0 saturated carbocycles. The zero-order valence-electron chi connectivity index (χ0n) is 24.5. The van der Waals surface area contributed by atoms with Gasteiger partial charge in [-0.1, -0.05) is 36.4 Å². The second-order valence-corrected chi connectivity index (χ2v) is 11.6. The number of anilines is 2. The van der Waals surface area contributed by atoms with Crippen LogP contribution in [0.15, 0.2) is 60.8 Å². The maximum atomic E-state index is 13.4. The first kappa shape index (κ1) is 29.8. The third-order valence-electron chi connectivity index (χ3n) is 7.46. The predicted octanol–water partition coefficient (Wildman–Crippen LogP) is 5.49. The van der Waals surface area contributed by atoms with Gasteiger partial charge in [0.1, 0.15) is 11.9 Å². The average Bonchev–Trinajstić information content (AvgIpc) is 2.94. The van der Waals surface area contributed by atoms with Crippen LogP contribution in [0.2, 0.25) is 0 Å². The summed E-state index contributed by atoms with van der Waals surface area (Å²) in [6, 6.07) is 16.9. The van der Waals surface area contributed by atoms with E-state index in [1.165, 1.54) is 0 Å². The van der Waals surface area contributed by atoms with E-state index < -0.39 is 16.8 Å². The summed E-state index contributed by atoms with van der Waals surface area (Å²) in [6.45, 7) is 11.0. The fourth-order valence-corrected chi connectivity index (χ4v) is 4.82. The molecular formula is C32H40N4O5. The number of carboxylic acids is 1. The number of rotatable bonds is 11. The summed E-state index contributed by atoms with van der Waals surface area (Å²) in [6.07, 6.45) is 3.84. The van der Waals surface area contributed by atoms with Gasteiger partial charge in [0.25, 0.3) is 0 Å². The summed E-state index contributed by atoms with van der Waals surface area (Å²) in [5.74, 6) is 1.38. The molecule has 1 aromatic heterocycles. The topological polar surface area (TPSA) is 114 Å². The second-order valence-electron chi connectivity index (χ2n) is 11.6. The number of nitrogens with one attached hydrogen (secondary N) is 1. The maximum Gasteiger partial charge on any atom is 0.309 e. The zero-order valence-corrected chi connectivity index (χ0v) is 24.5. The molecule has 1 unspecified atom stereocenters. The molecule has 2 heterocycles. The highest BCUT2D eigenvalue weighted by Gasteiger charge is 2.32. The number of para-hydroxylation sites is 2. The number of ether oxygens (including phenoxy) is 2. The molecule has 0 spiro atoms. The van der Waals surface area contributed by atoms with Crippen molar-refractivity contribution in [3.8, 4) is 11.5 Å². The average molecular weight is 561 g/mol. The highest BCUT2D eigenvalue weighted by molar-refractivity contribution is 5.98. The van der Waals surface area contributed by atoms with Crippen molar-refractivity contribution < 1.29 is 24.2 Å². The number of aromatic nitrogens is 2. The zero-order chi connectivity index (χ0) is 29.6. The van der Waals surface area contributed by atoms with Crippen LogP contribution in [0.5, 0.6) is 11.5 Å². The van der Waals surface area contributed by atoms with E-state index in [-0.39, 0.29) is 12.0 Å². The molecule has 1 aliphatic rings. The molecule has 1 fully saturated rings. The molecule has 9 heteroatoms. The molecular weight excluding hydrogens is 520 g/mol. The summed E-state index contributed by atoms with van der Waals surface area (Å²) in [5, 5.41) is 12.4. The van der Waals surface area contributed by atoms with Gasteiger partial charge in [-0.3, -0.25) is 9.59 Å². The molecule has 2 aromatic carbocycles. The van der Waals surface area contributed by atoms with Crippen LogP contribution in [-0.4, -0.2) is 52.8 Å². The lowest BCUT2D eigenvalue weighted by Gasteiger charge is -2.33. The monoisotopic (exact) mass is 560 g/mol. The summed E-state index contributed by atoms with van der Waals surface area (Å²) in [7, 11) is 0. The van der Waals surface area contributed by atoms with Crippen LogP contribution in [0.4, 0.5) is 11.8 Å². The molecule has 1 atom stereocenters. The molecule has 1 saturated heterocycles. The third-order valence-corrected chi connectivity index (χ3v) is 7.46. The Kier molecular flexibility index (Phi) is 9.15. The first-order valence-electron chi connectivity index (χ1n) is 14.1. The largest absolute Gasteiger partial charge is 0.490 e. The molecule has 0 bridgehead atoms. The Hall–Kier alpha value is -4.14. The number of nitrogens with zero attached hydrogens (tertiary/aromatic N) is 3. The molecule has 9 nitrogen and oxygen atoms in total. The van der Waals surface area contributed by atoms with Crippen LogP contribution in [0, 0.1) is 5.41 Å². The van der Waals surface area contributed by atoms with Crippen LogP contribution in [0.3, 0.4) is 0 Å². The molecule has 3 aromatic rings. The van der Waals surface area contributed by atoms with Crippen molar-refractivity contribution in [3.05, 3.63) is 71.9 Å². The van der Waals surface area contributed by atoms with Crippen molar-refractivity contribution in [2.24, 2.45) is 5.41 Å². The highest BCUT2D eigenvalue weighted by atomic mass is 16.5. The molecule has 218 valence electrons. The maximum absolute atomic E-state index is 13.4. The van der Waals surface area contributed by atoms with E-state index in [0.29, 0.717) is 31.3 Å². The first-order valence-corrected chi connectivity index (χ1v) is 14.1. The highest BCUT2D eigenvalue weighted by Crippen LogP contribution is 2.31. The lowest BCUT2D eigenvalue weighted by atomic mass is 9.81. The van der Waals surface area contributed by atoms with Crippen molar-refractivity contribution in [3.63, 3.8) is 0 Å². The van der Waals surface area contributed by atoms with Gasteiger partial charge in [-0.05, 0) is 83.2 Å². The fraction of sp³-hybridized carbons (Fsp3) is 0.438. The van der Waals surface area contributed by atoms with Gasteiger partial charge >= 0.3 is 5.97 Å². The SMILES string of the molecule is CCOc1ccccc1OC1CCCN(c2nccc(NC(=O)C(C)(C)c3ccc(CC(C)(C)C(=O)O)cc3)n2)C1. The Balaban J connectivity index is 1.41. The van der Waals surface area contributed by atoms with Crippen molar-refractivity contribution in [1.82, 2.24) is 9.97 Å². The number of carbonyl (C=O) groups excluding carboxylic acids is 1. The molecule has 1 amide bonds. The van der Waals surface area contributed by atoms with Gasteiger partial charge in [-0.25, -0.2) is 4.98 Å². The second kappa shape index (κ2) is 12.6. The van der Waals surface area contributed by atoms with Crippen molar-refractivity contribution >= 4 is 23.6 Å². The minimum atomic E-state index is -0.867. The number of hydrogen-bond acceptors (Lipinski definition) is 7. The van der Waals surface area contributed by atoms with E-state index in [2.05, 4.69) is 20.2 Å². The van der Waals surface area contributed by atoms with Gasteiger partial charge in [0.05, 0.1) is 24.0 Å². The van der Waals surface area contributed by atoms with Gasteiger partial charge in [0.15, 0.2) is 11.5 Å². The minimum Gasteiger partial charge on any atom is -0.490 e. The molecule has 41 heavy (non-hydrogen) atoms. The standard InChI is InChI=1S/C32H40N4O5/c1-6-40-25-11-7-8-12-26(25)41-24-10-9-19-36(21-24)30-33-18-17-27(35-30)34-28(37)32(4,5)23-15-13-22(14-16-23)20-31(2,3)29(38)39/h7-8,11-18,24H,6,9-10,19-21H2,1-5H3,(H,38,39)(H,33,34,35,37). The summed E-state index contributed by atoms with van der Waals surface area (Å²) in [4.78, 5) is 36.1. The molecule has 1 aliphatic heterocycles. The molecule has 4 rings (SSSR count). The van der Waals surface area contributed by atoms with Gasteiger partial charge in [-0.2, -0.15) is 4.98 Å². The van der Waals surface area contributed by atoms with Crippen LogP contribution in [-0.2, 0) is 21.4 Å². The number of hydrogen-bond donors (Lipinski definition) is 2. The van der Waals surface area contributed by atoms with Gasteiger partial charge < -0.3 is 24.8 Å². The van der Waals surface area contributed by atoms with Gasteiger partial charge in [-0.15, -0.1) is 0 Å². The van der Waals surface area contributed by atoms with Crippen LogP contribution >= 0.6 is 0 Å². The number of benzene rings is 2. The van der Waals surface area contributed by atoms with E-state index in [0.717, 1.165) is 42.0 Å². The van der Waals surface area contributed by atoms with E-state index in [1.807, 2.05) is 69.3 Å². The number of carbonyl (C=O) groups is 2. The van der Waals surface area contributed by atoms with Gasteiger partial charge in [0.2, 0.25) is 11.9 Å². The minimum absolute atomic E-state index is 0.0461. The Morgan fingerprint density at radius 2 is 1.76 bits per heavy atom. The predicted molar refractivity (Wildman–Crippen MR) is 159 cm³/mol. The van der Waals surface area contributed by atoms with E-state index >= 15 is 0 Å². The number of amides is 1. The van der Waals surface area contributed by atoms with Crippen molar-refractivity contribution in [2.75, 3.05) is 29.9 Å². The lowest BCUT2D eigenvalue weighted by molar-refractivity contribution is -0.146. The Morgan fingerprint density at radius 1 is 1.05 bits per heavy atom. The molecule has 0 radical (unpaired) electrons. The first-order chi connectivity index (χ1) is 19.5. The van der Waals surface area contributed by atoms with E-state index in [1.54, 1.807) is 26.1 Å². The Morgan fingerprint density at radius 3 is 2.44 bits per heavy atom. The fourth-order valence-electron chi connectivity index (χ4n) is 4.82. The summed E-state index contributed by atoms with van der Waals surface area (Å²) >= 11 is 0. The summed E-state index contributed by atoms with van der Waals surface area (Å²) in [5.41, 5.74) is 0.0184. The van der Waals surface area contributed by atoms with Crippen LogP contribution in [0.25, 0.3) is 0 Å². The quantitative estimate of drug-likeness (QED) is 0.316. The van der Waals surface area contributed by atoms with E-state index in [4.69, 9.17) is 9.47 Å². The number of carboxylic acid groups (broad SMARTS) is 1. The van der Waals surface area contributed by atoms with Crippen molar-refractivity contribution in [2.45, 2.75) is 65.4 Å².